The highest BCUT2D eigenvalue weighted by Gasteiger charge is 2.49. The molecule has 7 nitrogen and oxygen atoms in total. The van der Waals surface area contributed by atoms with Gasteiger partial charge in [-0.25, -0.2) is 17.6 Å². The van der Waals surface area contributed by atoms with E-state index in [0.29, 0.717) is 62.3 Å². The number of hydrogen-bond donors (Lipinski definition) is 1. The van der Waals surface area contributed by atoms with E-state index in [2.05, 4.69) is 14.9 Å². The summed E-state index contributed by atoms with van der Waals surface area (Å²) in [5.41, 5.74) is -0.740. The molecule has 232 valence electrons. The lowest BCUT2D eigenvalue weighted by molar-refractivity contribution is 0.107. The largest absolute Gasteiger partial charge is 0.508 e. The number of aromatic nitrogens is 2. The third-order valence-electron chi connectivity index (χ3n) is 9.37. The lowest BCUT2D eigenvalue weighted by Gasteiger charge is -2.31. The van der Waals surface area contributed by atoms with Gasteiger partial charge in [-0.3, -0.25) is 4.90 Å². The van der Waals surface area contributed by atoms with E-state index in [9.17, 15) is 13.9 Å². The zero-order chi connectivity index (χ0) is 30.6. The third kappa shape index (κ3) is 4.90. The molecule has 0 saturated carbocycles. The smallest absolute Gasteiger partial charge is 0.319 e. The molecule has 3 saturated heterocycles. The van der Waals surface area contributed by atoms with Crippen LogP contribution in [0.25, 0.3) is 32.8 Å². The zero-order valence-electron chi connectivity index (χ0n) is 24.5. The Hall–Kier alpha value is -3.70. The highest BCUT2D eigenvalue weighted by atomic mass is 19.1. The van der Waals surface area contributed by atoms with Gasteiger partial charge in [0.2, 0.25) is 0 Å². The Balaban J connectivity index is 1.40. The van der Waals surface area contributed by atoms with Crippen molar-refractivity contribution in [2.45, 2.75) is 50.7 Å². The molecule has 1 aromatic heterocycles. The van der Waals surface area contributed by atoms with E-state index >= 15 is 8.78 Å². The molecule has 44 heavy (non-hydrogen) atoms. The number of alkyl halides is 1. The van der Waals surface area contributed by atoms with Crippen molar-refractivity contribution < 1.29 is 32.1 Å². The Morgan fingerprint density at radius 2 is 1.91 bits per heavy atom. The summed E-state index contributed by atoms with van der Waals surface area (Å²) in [6, 6.07) is 6.57. The Bertz CT molecular complexity index is 1750. The van der Waals surface area contributed by atoms with E-state index < -0.39 is 34.7 Å². The number of hydrogen-bond acceptors (Lipinski definition) is 7. The topological polar surface area (TPSA) is 71.0 Å². The van der Waals surface area contributed by atoms with E-state index in [1.807, 2.05) is 4.90 Å². The average molecular weight is 611 g/mol. The molecule has 0 bridgehead atoms. The maximum atomic E-state index is 16.8. The van der Waals surface area contributed by atoms with Crippen LogP contribution in [0.2, 0.25) is 0 Å². The van der Waals surface area contributed by atoms with Crippen molar-refractivity contribution >= 4 is 27.5 Å². The molecule has 3 aliphatic heterocycles. The van der Waals surface area contributed by atoms with Crippen LogP contribution >= 0.6 is 0 Å². The van der Waals surface area contributed by atoms with Crippen LogP contribution in [0.3, 0.4) is 0 Å². The number of fused-ring (bicyclic) bond motifs is 3. The van der Waals surface area contributed by atoms with Crippen LogP contribution in [-0.4, -0.2) is 77.7 Å². The maximum Gasteiger partial charge on any atom is 0.319 e. The van der Waals surface area contributed by atoms with Gasteiger partial charge in [0.1, 0.15) is 41.5 Å². The van der Waals surface area contributed by atoms with Gasteiger partial charge < -0.3 is 19.5 Å². The number of ether oxygens (including phenoxy) is 2. The molecule has 4 aromatic rings. The second kappa shape index (κ2) is 11.3. The number of phenolic OH excluding ortho intramolecular Hbond substituents is 1. The molecule has 0 unspecified atom stereocenters. The Kier molecular flexibility index (Phi) is 7.48. The molecule has 0 aliphatic carbocycles. The van der Waals surface area contributed by atoms with E-state index in [4.69, 9.17) is 9.47 Å². The van der Waals surface area contributed by atoms with Gasteiger partial charge >= 0.3 is 6.01 Å². The van der Waals surface area contributed by atoms with E-state index in [-0.39, 0.29) is 46.8 Å². The lowest BCUT2D eigenvalue weighted by Crippen LogP contribution is -2.43. The van der Waals surface area contributed by atoms with Crippen molar-refractivity contribution in [1.82, 2.24) is 14.9 Å². The zero-order valence-corrected chi connectivity index (χ0v) is 24.5. The summed E-state index contributed by atoms with van der Waals surface area (Å²) in [5.74, 6) is -2.25. The fourth-order valence-corrected chi connectivity index (χ4v) is 7.36. The number of anilines is 1. The van der Waals surface area contributed by atoms with E-state index in [1.165, 1.54) is 30.3 Å². The second-order valence-corrected chi connectivity index (χ2v) is 12.1. The lowest BCUT2D eigenvalue weighted by atomic mass is 9.91. The minimum Gasteiger partial charge on any atom is -0.508 e. The molecule has 3 fully saturated rings. The minimum atomic E-state index is -0.969. The van der Waals surface area contributed by atoms with Crippen molar-refractivity contribution in [3.05, 3.63) is 53.3 Å². The standard InChI is InChI=1S/C33H34F4N4O3/c1-2-22-25(35)6-5-19-13-21(42)14-23(27(19)22)28-26(36)15-24-30(29(28)37)38-32(39-31(24)40-8-4-11-43-12-10-40)44-18-33-7-3-9-41(33)17-20(34)16-33/h5-6,13-15,20,42H,2-4,7-12,16-18H2,1H3/t20-,33+/m1/s1. The predicted octanol–water partition coefficient (Wildman–Crippen LogP) is 6.32. The Morgan fingerprint density at radius 3 is 2.75 bits per heavy atom. The first-order valence-corrected chi connectivity index (χ1v) is 15.3. The summed E-state index contributed by atoms with van der Waals surface area (Å²) in [7, 11) is 0. The molecule has 3 aromatic carbocycles. The van der Waals surface area contributed by atoms with Crippen LogP contribution in [0.4, 0.5) is 23.4 Å². The average Bonchev–Trinajstić information content (AvgIpc) is 3.38. The minimum absolute atomic E-state index is 0.0273. The number of phenols is 1. The van der Waals surface area contributed by atoms with Gasteiger partial charge in [0.15, 0.2) is 5.82 Å². The van der Waals surface area contributed by atoms with Crippen molar-refractivity contribution in [1.29, 1.82) is 0 Å². The third-order valence-corrected chi connectivity index (χ3v) is 9.37. The monoisotopic (exact) mass is 610 g/mol. The van der Waals surface area contributed by atoms with Gasteiger partial charge in [0.05, 0.1) is 17.7 Å². The van der Waals surface area contributed by atoms with Crippen molar-refractivity contribution in [2.24, 2.45) is 0 Å². The number of aromatic hydroxyl groups is 1. The fourth-order valence-electron chi connectivity index (χ4n) is 7.36. The van der Waals surface area contributed by atoms with Crippen LogP contribution in [0.5, 0.6) is 11.8 Å². The summed E-state index contributed by atoms with van der Waals surface area (Å²) < 4.78 is 74.0. The summed E-state index contributed by atoms with van der Waals surface area (Å²) in [5, 5.41) is 11.5. The van der Waals surface area contributed by atoms with Gasteiger partial charge in [-0.15, -0.1) is 0 Å². The first kappa shape index (κ1) is 29.0. The van der Waals surface area contributed by atoms with Gasteiger partial charge in [-0.1, -0.05) is 13.0 Å². The molecule has 11 heteroatoms. The number of benzene rings is 3. The summed E-state index contributed by atoms with van der Waals surface area (Å²) in [4.78, 5) is 13.1. The van der Waals surface area contributed by atoms with Gasteiger partial charge in [-0.05, 0) is 78.4 Å². The number of aryl methyl sites for hydroxylation is 1. The Labute approximate surface area is 252 Å². The first-order chi connectivity index (χ1) is 21.3. The first-order valence-electron chi connectivity index (χ1n) is 15.3. The SMILES string of the molecule is CCc1c(F)ccc2cc(O)cc(-c3c(F)cc4c(N5CCCOCC5)nc(OC[C@@]56CCCN5C[C@H](F)C6)nc4c3F)c12. The van der Waals surface area contributed by atoms with E-state index in [0.717, 1.165) is 19.4 Å². The van der Waals surface area contributed by atoms with Crippen LogP contribution in [0.15, 0.2) is 30.3 Å². The number of halogens is 4. The number of rotatable bonds is 6. The normalized spacial score (nSPS) is 22.6. The molecular formula is C33H34F4N4O3. The predicted molar refractivity (Wildman–Crippen MR) is 160 cm³/mol. The van der Waals surface area contributed by atoms with Gasteiger partial charge in [0.25, 0.3) is 0 Å². The van der Waals surface area contributed by atoms with Crippen LogP contribution in [-0.2, 0) is 11.2 Å². The van der Waals surface area contributed by atoms with Crippen LogP contribution < -0.4 is 9.64 Å². The maximum absolute atomic E-state index is 16.8. The molecule has 2 atom stereocenters. The number of nitrogens with zero attached hydrogens (tertiary/aromatic N) is 4. The molecule has 0 amide bonds. The summed E-state index contributed by atoms with van der Waals surface area (Å²) in [6.07, 6.45) is 2.09. The van der Waals surface area contributed by atoms with Gasteiger partial charge in [-0.2, -0.15) is 9.97 Å². The summed E-state index contributed by atoms with van der Waals surface area (Å²) in [6.45, 7) is 5.03. The molecule has 7 rings (SSSR count). The van der Waals surface area contributed by atoms with Gasteiger partial charge in [0, 0.05) is 38.0 Å². The molecular weight excluding hydrogens is 576 g/mol. The highest BCUT2D eigenvalue weighted by molar-refractivity contribution is 6.03. The molecule has 4 heterocycles. The fraction of sp³-hybridized carbons (Fsp3) is 0.455. The van der Waals surface area contributed by atoms with Crippen molar-refractivity contribution in [3.63, 3.8) is 0 Å². The molecule has 1 N–H and O–H groups in total. The molecule has 3 aliphatic rings. The summed E-state index contributed by atoms with van der Waals surface area (Å²) >= 11 is 0. The van der Waals surface area contributed by atoms with Crippen molar-refractivity contribution in [2.75, 3.05) is 50.9 Å². The van der Waals surface area contributed by atoms with Crippen molar-refractivity contribution in [3.8, 4) is 22.9 Å². The highest BCUT2D eigenvalue weighted by Crippen LogP contribution is 2.43. The molecule has 0 radical (unpaired) electrons. The molecule has 0 spiro atoms. The van der Waals surface area contributed by atoms with E-state index in [1.54, 1.807) is 6.92 Å². The Morgan fingerprint density at radius 1 is 1.05 bits per heavy atom. The van der Waals surface area contributed by atoms with Crippen LogP contribution in [0.1, 0.15) is 38.2 Å². The second-order valence-electron chi connectivity index (χ2n) is 12.1. The quantitative estimate of drug-likeness (QED) is 0.257. The van der Waals surface area contributed by atoms with Crippen LogP contribution in [0, 0.1) is 17.5 Å².